The molecule has 4 N–H and O–H groups in total. The molecule has 0 aromatic heterocycles. The predicted octanol–water partition coefficient (Wildman–Crippen LogP) is 2.43. The second-order valence-electron chi connectivity index (χ2n) is 5.25. The van der Waals surface area contributed by atoms with Crippen LogP contribution in [0.5, 0.6) is 0 Å². The number of benzene rings is 1. The molecular formula is C15H25ClN4O2. The van der Waals surface area contributed by atoms with Crippen molar-refractivity contribution in [3.8, 4) is 0 Å². The highest BCUT2D eigenvalue weighted by atomic mass is 35.5. The van der Waals surface area contributed by atoms with Crippen molar-refractivity contribution in [2.75, 3.05) is 24.2 Å². The molecule has 0 heterocycles. The number of hydrogen-bond acceptors (Lipinski definition) is 3. The number of anilines is 2. The molecule has 0 radical (unpaired) electrons. The Morgan fingerprint density at radius 3 is 2.09 bits per heavy atom. The van der Waals surface area contributed by atoms with Crippen LogP contribution in [0.3, 0.4) is 0 Å². The summed E-state index contributed by atoms with van der Waals surface area (Å²) in [5, 5.41) is 11.3. The lowest BCUT2D eigenvalue weighted by Gasteiger charge is -2.16. The molecule has 124 valence electrons. The van der Waals surface area contributed by atoms with Crippen LogP contribution >= 0.6 is 12.4 Å². The molecule has 7 heteroatoms. The number of rotatable bonds is 6. The minimum absolute atomic E-state index is 0. The summed E-state index contributed by atoms with van der Waals surface area (Å²) >= 11 is 0. The van der Waals surface area contributed by atoms with Crippen molar-refractivity contribution in [1.82, 2.24) is 10.6 Å². The minimum Gasteiger partial charge on any atom is -0.336 e. The van der Waals surface area contributed by atoms with Crippen LogP contribution in [0.2, 0.25) is 0 Å². The van der Waals surface area contributed by atoms with Crippen molar-refractivity contribution in [3.63, 3.8) is 0 Å². The van der Waals surface area contributed by atoms with Crippen molar-refractivity contribution in [3.05, 3.63) is 24.3 Å². The van der Waals surface area contributed by atoms with Crippen molar-refractivity contribution in [2.24, 2.45) is 5.92 Å². The quantitative estimate of drug-likeness (QED) is 0.647. The van der Waals surface area contributed by atoms with Gasteiger partial charge in [-0.3, -0.25) is 4.79 Å². The Balaban J connectivity index is 0.00000441. The molecule has 1 aromatic carbocycles. The van der Waals surface area contributed by atoms with Crippen LogP contribution in [0.15, 0.2) is 24.3 Å². The summed E-state index contributed by atoms with van der Waals surface area (Å²) in [6.07, 6.45) is 0. The van der Waals surface area contributed by atoms with E-state index in [-0.39, 0.29) is 36.3 Å². The molecule has 22 heavy (non-hydrogen) atoms. The highest BCUT2D eigenvalue weighted by molar-refractivity contribution is 5.99. The Bertz CT molecular complexity index is 494. The number of urea groups is 1. The summed E-state index contributed by atoms with van der Waals surface area (Å²) in [7, 11) is 1.80. The number of halogens is 1. The third-order valence-electron chi connectivity index (χ3n) is 2.81. The molecule has 1 rings (SSSR count). The van der Waals surface area contributed by atoms with Gasteiger partial charge in [0.2, 0.25) is 5.91 Å². The van der Waals surface area contributed by atoms with Crippen molar-refractivity contribution in [2.45, 2.75) is 26.8 Å². The lowest BCUT2D eigenvalue weighted by Crippen LogP contribution is -2.34. The lowest BCUT2D eigenvalue weighted by atomic mass is 10.1. The zero-order chi connectivity index (χ0) is 15.8. The molecule has 0 aliphatic rings. The molecule has 3 amide bonds. The summed E-state index contributed by atoms with van der Waals surface area (Å²) in [5.74, 6) is -0.254. The van der Waals surface area contributed by atoms with Gasteiger partial charge in [0.25, 0.3) is 0 Å². The van der Waals surface area contributed by atoms with Gasteiger partial charge in [0.05, 0.1) is 11.4 Å². The maximum Gasteiger partial charge on any atom is 0.319 e. The van der Waals surface area contributed by atoms with Gasteiger partial charge >= 0.3 is 6.03 Å². The molecule has 1 aromatic rings. The maximum atomic E-state index is 12.0. The molecule has 0 fully saturated rings. The van der Waals surface area contributed by atoms with E-state index >= 15 is 0 Å². The first-order valence-corrected chi connectivity index (χ1v) is 7.06. The van der Waals surface area contributed by atoms with E-state index in [9.17, 15) is 9.59 Å². The van der Waals surface area contributed by atoms with Crippen LogP contribution in [0, 0.1) is 5.92 Å². The van der Waals surface area contributed by atoms with Gasteiger partial charge in [0.15, 0.2) is 0 Å². The summed E-state index contributed by atoms with van der Waals surface area (Å²) < 4.78 is 0. The van der Waals surface area contributed by atoms with E-state index < -0.39 is 0 Å². The molecule has 1 unspecified atom stereocenters. The fraction of sp³-hybridized carbons (Fsp3) is 0.467. The average molecular weight is 329 g/mol. The van der Waals surface area contributed by atoms with Crippen LogP contribution in [-0.4, -0.2) is 31.6 Å². The molecule has 1 atom stereocenters. The van der Waals surface area contributed by atoms with E-state index in [0.717, 1.165) is 0 Å². The SMILES string of the molecule is CNCC(C)C(=O)Nc1ccccc1NC(=O)NC(C)C.Cl. The molecule has 0 spiro atoms. The second kappa shape index (κ2) is 10.0. The van der Waals surface area contributed by atoms with E-state index in [1.807, 2.05) is 26.8 Å². The van der Waals surface area contributed by atoms with Crippen LogP contribution in [0.4, 0.5) is 16.2 Å². The summed E-state index contributed by atoms with van der Waals surface area (Å²) in [4.78, 5) is 23.8. The standard InChI is InChI=1S/C15H24N4O2.ClH/c1-10(2)17-15(21)19-13-8-6-5-7-12(13)18-14(20)11(3)9-16-4;/h5-8,10-11,16H,9H2,1-4H3,(H,18,20)(H2,17,19,21);1H. The monoisotopic (exact) mass is 328 g/mol. The Labute approximate surface area is 137 Å². The van der Waals surface area contributed by atoms with E-state index in [1.165, 1.54) is 0 Å². The molecule has 0 bridgehead atoms. The first-order chi connectivity index (χ1) is 9.93. The van der Waals surface area contributed by atoms with Crippen molar-refractivity contribution < 1.29 is 9.59 Å². The number of nitrogens with one attached hydrogen (secondary N) is 4. The zero-order valence-corrected chi connectivity index (χ0v) is 14.2. The molecule has 0 aliphatic heterocycles. The average Bonchev–Trinajstić information content (AvgIpc) is 2.40. The second-order valence-corrected chi connectivity index (χ2v) is 5.25. The highest BCUT2D eigenvalue weighted by Crippen LogP contribution is 2.21. The normalized spacial score (nSPS) is 11.3. The molecule has 0 saturated heterocycles. The van der Waals surface area contributed by atoms with Crippen LogP contribution in [0.1, 0.15) is 20.8 Å². The van der Waals surface area contributed by atoms with Gasteiger partial charge in [-0.2, -0.15) is 0 Å². The van der Waals surface area contributed by atoms with Crippen LogP contribution < -0.4 is 21.3 Å². The van der Waals surface area contributed by atoms with Gasteiger partial charge in [-0.05, 0) is 33.0 Å². The number of para-hydroxylation sites is 2. The topological polar surface area (TPSA) is 82.3 Å². The number of carbonyl (C=O) groups excluding carboxylic acids is 2. The Morgan fingerprint density at radius 1 is 1.05 bits per heavy atom. The fourth-order valence-electron chi connectivity index (χ4n) is 1.78. The molecule has 6 nitrogen and oxygen atoms in total. The zero-order valence-electron chi connectivity index (χ0n) is 13.4. The largest absolute Gasteiger partial charge is 0.336 e. The van der Waals surface area contributed by atoms with E-state index in [0.29, 0.717) is 17.9 Å². The van der Waals surface area contributed by atoms with Gasteiger partial charge in [0.1, 0.15) is 0 Å². The Kier molecular flexibility index (Phi) is 9.21. The van der Waals surface area contributed by atoms with E-state index in [2.05, 4.69) is 21.3 Å². The van der Waals surface area contributed by atoms with Crippen molar-refractivity contribution >= 4 is 35.7 Å². The lowest BCUT2D eigenvalue weighted by molar-refractivity contribution is -0.119. The van der Waals surface area contributed by atoms with E-state index in [4.69, 9.17) is 0 Å². The highest BCUT2D eigenvalue weighted by Gasteiger charge is 2.14. The van der Waals surface area contributed by atoms with Gasteiger partial charge < -0.3 is 21.3 Å². The number of amides is 3. The first-order valence-electron chi connectivity index (χ1n) is 7.06. The summed E-state index contributed by atoms with van der Waals surface area (Å²) in [6.45, 7) is 6.20. The van der Waals surface area contributed by atoms with Gasteiger partial charge in [-0.25, -0.2) is 4.79 Å². The Hall–Kier alpha value is -1.79. The molecule has 0 saturated carbocycles. The Morgan fingerprint density at radius 2 is 1.59 bits per heavy atom. The number of carbonyl (C=O) groups is 2. The van der Waals surface area contributed by atoms with Gasteiger partial charge in [0, 0.05) is 18.5 Å². The summed E-state index contributed by atoms with van der Waals surface area (Å²) in [5.41, 5.74) is 1.16. The maximum absolute atomic E-state index is 12.0. The predicted molar refractivity (Wildman–Crippen MR) is 92.7 cm³/mol. The molecular weight excluding hydrogens is 304 g/mol. The third-order valence-corrected chi connectivity index (χ3v) is 2.81. The minimum atomic E-state index is -0.296. The smallest absolute Gasteiger partial charge is 0.319 e. The fourth-order valence-corrected chi connectivity index (χ4v) is 1.78. The first kappa shape index (κ1) is 20.2. The van der Waals surface area contributed by atoms with E-state index in [1.54, 1.807) is 25.2 Å². The summed E-state index contributed by atoms with van der Waals surface area (Å²) in [6, 6.07) is 6.87. The molecule has 0 aliphatic carbocycles. The van der Waals surface area contributed by atoms with Crippen LogP contribution in [0.25, 0.3) is 0 Å². The van der Waals surface area contributed by atoms with Crippen molar-refractivity contribution in [1.29, 1.82) is 0 Å². The van der Waals surface area contributed by atoms with Gasteiger partial charge in [-0.1, -0.05) is 19.1 Å². The third kappa shape index (κ3) is 6.78. The van der Waals surface area contributed by atoms with Crippen LogP contribution in [-0.2, 0) is 4.79 Å². The number of hydrogen-bond donors (Lipinski definition) is 4. The van der Waals surface area contributed by atoms with Gasteiger partial charge in [-0.15, -0.1) is 12.4 Å².